The van der Waals surface area contributed by atoms with Crippen LogP contribution in [0.25, 0.3) is 0 Å². The Hall–Kier alpha value is -3.14. The van der Waals surface area contributed by atoms with Gasteiger partial charge in [-0.3, -0.25) is 14.4 Å². The van der Waals surface area contributed by atoms with Crippen molar-refractivity contribution in [2.45, 2.75) is 91.1 Å². The van der Waals surface area contributed by atoms with E-state index in [1.165, 1.54) is 0 Å². The van der Waals surface area contributed by atoms with Crippen LogP contribution in [0.15, 0.2) is 24.3 Å². The highest BCUT2D eigenvalue weighted by Crippen LogP contribution is 2.21. The van der Waals surface area contributed by atoms with Gasteiger partial charge in [-0.25, -0.2) is 4.79 Å². The van der Waals surface area contributed by atoms with Crippen molar-refractivity contribution in [2.24, 2.45) is 17.8 Å². The molecule has 2 aliphatic heterocycles. The second-order valence-corrected chi connectivity index (χ2v) is 10.9. The lowest BCUT2D eigenvalue weighted by Crippen LogP contribution is -2.61. The zero-order valence-electron chi connectivity index (χ0n) is 22.5. The summed E-state index contributed by atoms with van der Waals surface area (Å²) < 4.78 is 6.16. The molecule has 2 heterocycles. The molecule has 1 aromatic carbocycles. The van der Waals surface area contributed by atoms with Crippen LogP contribution in [0.5, 0.6) is 5.75 Å². The van der Waals surface area contributed by atoms with Gasteiger partial charge in [0.2, 0.25) is 17.7 Å². The van der Waals surface area contributed by atoms with E-state index in [2.05, 4.69) is 16.0 Å². The molecule has 10 nitrogen and oxygen atoms in total. The van der Waals surface area contributed by atoms with Crippen LogP contribution in [0.2, 0.25) is 0 Å². The van der Waals surface area contributed by atoms with Gasteiger partial charge in [-0.2, -0.15) is 0 Å². The minimum absolute atomic E-state index is 0.00284. The minimum Gasteiger partial charge on any atom is -0.487 e. The molecular weight excluding hydrogens is 478 g/mol. The van der Waals surface area contributed by atoms with E-state index in [9.17, 15) is 29.4 Å². The Labute approximate surface area is 218 Å². The van der Waals surface area contributed by atoms with Crippen LogP contribution in [0.3, 0.4) is 0 Å². The van der Waals surface area contributed by atoms with Crippen molar-refractivity contribution in [1.29, 1.82) is 0 Å². The number of carbonyl (C=O) groups is 4. The lowest BCUT2D eigenvalue weighted by molar-refractivity contribution is -0.142. The van der Waals surface area contributed by atoms with E-state index in [1.54, 1.807) is 24.3 Å². The highest BCUT2D eigenvalue weighted by atomic mass is 16.5. The zero-order valence-corrected chi connectivity index (χ0v) is 22.5. The van der Waals surface area contributed by atoms with Gasteiger partial charge in [-0.15, -0.1) is 0 Å². The third-order valence-corrected chi connectivity index (χ3v) is 6.15. The van der Waals surface area contributed by atoms with Gasteiger partial charge in [-0.1, -0.05) is 53.7 Å². The number of hydrogen-bond donors (Lipinski definition) is 5. The van der Waals surface area contributed by atoms with Crippen LogP contribution in [-0.4, -0.2) is 64.2 Å². The summed E-state index contributed by atoms with van der Waals surface area (Å²) in [5.41, 5.74) is 0.685. The predicted octanol–water partition coefficient (Wildman–Crippen LogP) is 1.64. The topological polar surface area (TPSA) is 154 Å². The van der Waals surface area contributed by atoms with Crippen molar-refractivity contribution < 1.29 is 34.1 Å². The van der Waals surface area contributed by atoms with E-state index < -0.39 is 54.0 Å². The number of aliphatic hydroxyl groups is 1. The molecule has 2 aliphatic rings. The van der Waals surface area contributed by atoms with E-state index in [0.29, 0.717) is 11.3 Å². The molecule has 2 bridgehead atoms. The summed E-state index contributed by atoms with van der Waals surface area (Å²) in [4.78, 5) is 51.5. The second kappa shape index (κ2) is 13.4. The van der Waals surface area contributed by atoms with Crippen LogP contribution >= 0.6 is 0 Å². The van der Waals surface area contributed by atoms with E-state index in [1.807, 2.05) is 41.5 Å². The van der Waals surface area contributed by atoms with Gasteiger partial charge in [-0.05, 0) is 48.3 Å². The van der Waals surface area contributed by atoms with Gasteiger partial charge in [0.15, 0.2) is 0 Å². The first-order valence-corrected chi connectivity index (χ1v) is 12.9. The van der Waals surface area contributed by atoms with Gasteiger partial charge in [0.05, 0.1) is 0 Å². The number of aliphatic carboxylic acids is 1. The quantitative estimate of drug-likeness (QED) is 0.350. The minimum atomic E-state index is -1.32. The maximum Gasteiger partial charge on any atom is 0.326 e. The molecule has 10 heteroatoms. The largest absolute Gasteiger partial charge is 0.487 e. The van der Waals surface area contributed by atoms with Crippen molar-refractivity contribution >= 4 is 23.7 Å². The number of carboxylic acid groups (broad SMARTS) is 1. The maximum atomic E-state index is 13.6. The third kappa shape index (κ3) is 9.03. The number of nitrogens with one attached hydrogen (secondary N) is 3. The lowest BCUT2D eigenvalue weighted by atomic mass is 9.95. The first-order chi connectivity index (χ1) is 17.3. The van der Waals surface area contributed by atoms with Crippen molar-refractivity contribution in [3.63, 3.8) is 0 Å². The molecule has 5 atom stereocenters. The zero-order chi connectivity index (χ0) is 27.9. The Morgan fingerprint density at radius 1 is 1.00 bits per heavy atom. The van der Waals surface area contributed by atoms with E-state index >= 15 is 0 Å². The molecule has 5 N–H and O–H groups in total. The summed E-state index contributed by atoms with van der Waals surface area (Å²) in [6.07, 6.45) is -1.62. The normalized spacial score (nSPS) is 23.7. The Morgan fingerprint density at radius 2 is 1.62 bits per heavy atom. The molecule has 206 valence electrons. The number of rotatable bonds is 8. The van der Waals surface area contributed by atoms with Gasteiger partial charge >= 0.3 is 5.97 Å². The fraction of sp³-hybridized carbons (Fsp3) is 0.630. The first-order valence-electron chi connectivity index (χ1n) is 12.9. The van der Waals surface area contributed by atoms with Crippen molar-refractivity contribution in [2.75, 3.05) is 0 Å². The molecule has 0 fully saturated rings. The fourth-order valence-corrected chi connectivity index (χ4v) is 4.22. The Balaban J connectivity index is 2.52. The second-order valence-electron chi connectivity index (χ2n) is 10.9. The summed E-state index contributed by atoms with van der Waals surface area (Å²) in [7, 11) is 0. The third-order valence-electron chi connectivity index (χ3n) is 6.15. The van der Waals surface area contributed by atoms with Crippen molar-refractivity contribution in [3.8, 4) is 5.75 Å². The average Bonchev–Trinajstić information content (AvgIpc) is 2.79. The summed E-state index contributed by atoms with van der Waals surface area (Å²) in [6.45, 7) is 11.2. The molecule has 1 aromatic rings. The van der Waals surface area contributed by atoms with Crippen LogP contribution in [0, 0.1) is 17.8 Å². The number of fused-ring (bicyclic) bond motifs is 11. The van der Waals surface area contributed by atoms with Gasteiger partial charge < -0.3 is 30.9 Å². The van der Waals surface area contributed by atoms with Crippen molar-refractivity contribution in [3.05, 3.63) is 29.8 Å². The smallest absolute Gasteiger partial charge is 0.326 e. The number of benzene rings is 1. The Bertz CT molecular complexity index is 946. The Kier molecular flexibility index (Phi) is 10.9. The van der Waals surface area contributed by atoms with Crippen LogP contribution < -0.4 is 20.7 Å². The van der Waals surface area contributed by atoms with E-state index in [4.69, 9.17) is 4.74 Å². The number of carbonyl (C=O) groups excluding carboxylic acids is 3. The number of hydrogen-bond acceptors (Lipinski definition) is 6. The number of aliphatic hydroxyl groups excluding tert-OH is 1. The molecule has 37 heavy (non-hydrogen) atoms. The van der Waals surface area contributed by atoms with Gasteiger partial charge in [0.1, 0.15) is 36.1 Å². The predicted molar refractivity (Wildman–Crippen MR) is 138 cm³/mol. The summed E-state index contributed by atoms with van der Waals surface area (Å²) in [5.74, 6) is -2.95. The number of ether oxygens (including phenoxy) is 1. The lowest BCUT2D eigenvalue weighted by Gasteiger charge is -2.33. The highest BCUT2D eigenvalue weighted by molar-refractivity contribution is 5.94. The maximum absolute atomic E-state index is 13.6. The van der Waals surface area contributed by atoms with Crippen molar-refractivity contribution in [1.82, 2.24) is 16.0 Å². The molecule has 0 spiro atoms. The summed E-state index contributed by atoms with van der Waals surface area (Å²) in [5, 5.41) is 28.0. The highest BCUT2D eigenvalue weighted by Gasteiger charge is 2.38. The molecule has 0 saturated carbocycles. The molecule has 0 radical (unpaired) electrons. The summed E-state index contributed by atoms with van der Waals surface area (Å²) >= 11 is 0. The van der Waals surface area contributed by atoms with Gasteiger partial charge in [0, 0.05) is 6.42 Å². The molecule has 0 aliphatic carbocycles. The Morgan fingerprint density at radius 3 is 2.14 bits per heavy atom. The van der Waals surface area contributed by atoms with Crippen LogP contribution in [0.1, 0.15) is 59.9 Å². The average molecular weight is 520 g/mol. The van der Waals surface area contributed by atoms with E-state index in [0.717, 1.165) is 0 Å². The molecule has 0 aromatic heterocycles. The van der Waals surface area contributed by atoms with E-state index in [-0.39, 0.29) is 37.0 Å². The standard InChI is InChI=1S/C27H41N3O7/c1-14(2)11-19-24(32)29-20(27(35)36)13-17-7-9-18(10-8-17)37-23(16(5)6)22(26(34)28-19)30-25(33)21(31)12-15(3)4/h7-10,14-16,19-23,31H,11-13H2,1-6H3,(H,28,34)(H,29,32)(H,30,33)(H,35,36). The SMILES string of the molecule is CC(C)CC(O)C(=O)NC1C(=O)NC(CC(C)C)C(=O)NC(C(=O)O)Cc2ccc(cc2)OC1C(C)C. The van der Waals surface area contributed by atoms with Crippen LogP contribution in [0.4, 0.5) is 0 Å². The molecule has 5 unspecified atom stereocenters. The molecule has 0 saturated heterocycles. The first kappa shape index (κ1) is 30.1. The van der Waals surface area contributed by atoms with Crippen LogP contribution in [-0.2, 0) is 25.6 Å². The molecule has 3 rings (SSSR count). The summed E-state index contributed by atoms with van der Waals surface area (Å²) in [6, 6.07) is 3.25. The fourth-order valence-electron chi connectivity index (χ4n) is 4.22. The number of amides is 3. The number of carboxylic acids is 1. The molecule has 3 amide bonds. The van der Waals surface area contributed by atoms with Gasteiger partial charge in [0.25, 0.3) is 0 Å². The molecular formula is C27H41N3O7. The monoisotopic (exact) mass is 519 g/mol.